The van der Waals surface area contributed by atoms with E-state index in [1.54, 1.807) is 17.7 Å². The second-order valence-corrected chi connectivity index (χ2v) is 12.6. The molecule has 0 unspecified atom stereocenters. The number of aryl methyl sites for hydroxylation is 2. The molecule has 1 saturated heterocycles. The zero-order valence-electron chi connectivity index (χ0n) is 24.2. The molecule has 4 heterocycles. The van der Waals surface area contributed by atoms with Crippen LogP contribution in [0.25, 0.3) is 43.1 Å². The van der Waals surface area contributed by atoms with Gasteiger partial charge in [0.2, 0.25) is 0 Å². The van der Waals surface area contributed by atoms with Crippen LogP contribution in [0.1, 0.15) is 42.9 Å². The maximum Gasteiger partial charge on any atom is 0.164 e. The van der Waals surface area contributed by atoms with Crippen LogP contribution in [0.2, 0.25) is 0 Å². The molecule has 10 heteroatoms. The number of hydrogen-bond acceptors (Lipinski definition) is 9. The Hall–Kier alpha value is -3.44. The standard InChI is InChI=1S/C31H36N8S.H3N/c1-19-16-20(2)28-25(17-19)35-31(40-28)22-6-4-21(5-7-22)27-26-29(32)33-18-34-30(26)39(36-27)24-10-8-23(9-11-24)38-14-12-37(3)13-15-38;/h4-7,16-18,23-24H,8-15H2,1-3H3,(H2,32,33,34);1H3. The molecule has 0 bridgehead atoms. The summed E-state index contributed by atoms with van der Waals surface area (Å²) in [6.45, 7) is 8.97. The van der Waals surface area contributed by atoms with Crippen LogP contribution >= 0.6 is 11.3 Å². The van der Waals surface area contributed by atoms with E-state index in [4.69, 9.17) is 15.8 Å². The quantitative estimate of drug-likeness (QED) is 0.276. The van der Waals surface area contributed by atoms with E-state index in [9.17, 15) is 0 Å². The second-order valence-electron chi connectivity index (χ2n) is 11.6. The maximum atomic E-state index is 6.43. The van der Waals surface area contributed by atoms with Crippen molar-refractivity contribution in [2.75, 3.05) is 39.0 Å². The van der Waals surface area contributed by atoms with E-state index in [0.717, 1.165) is 51.2 Å². The first-order chi connectivity index (χ1) is 19.4. The molecule has 1 saturated carbocycles. The molecule has 41 heavy (non-hydrogen) atoms. The van der Waals surface area contributed by atoms with Crippen molar-refractivity contribution in [2.24, 2.45) is 0 Å². The monoisotopic (exact) mass is 569 g/mol. The van der Waals surface area contributed by atoms with Crippen LogP contribution in [0, 0.1) is 13.8 Å². The zero-order valence-corrected chi connectivity index (χ0v) is 25.0. The highest BCUT2D eigenvalue weighted by Crippen LogP contribution is 2.38. The van der Waals surface area contributed by atoms with E-state index < -0.39 is 0 Å². The molecule has 0 radical (unpaired) electrons. The fourth-order valence-electron chi connectivity index (χ4n) is 6.58. The molecule has 1 aliphatic heterocycles. The van der Waals surface area contributed by atoms with Crippen LogP contribution in [0.5, 0.6) is 0 Å². The summed E-state index contributed by atoms with van der Waals surface area (Å²) in [6.07, 6.45) is 6.16. The van der Waals surface area contributed by atoms with Gasteiger partial charge in [-0.25, -0.2) is 19.6 Å². The fraction of sp³-hybridized carbons (Fsp3) is 0.419. The van der Waals surface area contributed by atoms with Crippen LogP contribution in [-0.4, -0.2) is 73.8 Å². The summed E-state index contributed by atoms with van der Waals surface area (Å²) >= 11 is 1.75. The molecule has 3 aromatic heterocycles. The fourth-order valence-corrected chi connectivity index (χ4v) is 7.60. The van der Waals surface area contributed by atoms with Crippen molar-refractivity contribution in [1.29, 1.82) is 0 Å². The van der Waals surface area contributed by atoms with Crippen molar-refractivity contribution < 1.29 is 0 Å². The van der Waals surface area contributed by atoms with E-state index in [0.29, 0.717) is 17.9 Å². The van der Waals surface area contributed by atoms with Gasteiger partial charge in [0.1, 0.15) is 22.8 Å². The van der Waals surface area contributed by atoms with Gasteiger partial charge in [-0.05, 0) is 63.8 Å². The Balaban J connectivity index is 0.00000302. The number of hydrogen-bond donors (Lipinski definition) is 2. The first kappa shape index (κ1) is 27.7. The Kier molecular flexibility index (Phi) is 7.50. The molecule has 0 atom stereocenters. The average Bonchev–Trinajstić information content (AvgIpc) is 3.57. The Labute approximate surface area is 245 Å². The average molecular weight is 570 g/mol. The Bertz CT molecular complexity index is 1670. The summed E-state index contributed by atoms with van der Waals surface area (Å²) in [6, 6.07) is 13.9. The number of rotatable bonds is 4. The van der Waals surface area contributed by atoms with Crippen molar-refractivity contribution in [3.63, 3.8) is 0 Å². The molecule has 9 nitrogen and oxygen atoms in total. The SMILES string of the molecule is Cc1cc(C)c2sc(-c3ccc(-c4nn(C5CCC(N6CCN(C)CC6)CC5)c5ncnc(N)c45)cc3)nc2c1.N. The van der Waals surface area contributed by atoms with Gasteiger partial charge in [0.05, 0.1) is 21.6 Å². The molecule has 5 N–H and O–H groups in total. The van der Waals surface area contributed by atoms with Gasteiger partial charge in [0.25, 0.3) is 0 Å². The minimum absolute atomic E-state index is 0. The summed E-state index contributed by atoms with van der Waals surface area (Å²) in [5.74, 6) is 0.485. The first-order valence-electron chi connectivity index (χ1n) is 14.3. The highest BCUT2D eigenvalue weighted by atomic mass is 32.1. The summed E-state index contributed by atoms with van der Waals surface area (Å²) in [4.78, 5) is 19.1. The van der Waals surface area contributed by atoms with Crippen molar-refractivity contribution in [3.05, 3.63) is 53.9 Å². The van der Waals surface area contributed by atoms with Crippen LogP contribution in [0.3, 0.4) is 0 Å². The number of nitrogens with two attached hydrogens (primary N) is 1. The molecule has 0 amide bonds. The summed E-state index contributed by atoms with van der Waals surface area (Å²) in [5, 5.41) is 7.03. The smallest absolute Gasteiger partial charge is 0.164 e. The molecule has 214 valence electrons. The summed E-state index contributed by atoms with van der Waals surface area (Å²) in [7, 11) is 2.22. The first-order valence-corrected chi connectivity index (χ1v) is 15.2. The Morgan fingerprint density at radius 2 is 1.56 bits per heavy atom. The number of fused-ring (bicyclic) bond motifs is 2. The minimum atomic E-state index is 0. The van der Waals surface area contributed by atoms with Crippen molar-refractivity contribution in [2.45, 2.75) is 51.6 Å². The number of thiazole rings is 1. The second kappa shape index (κ2) is 11.1. The normalized spacial score (nSPS) is 20.5. The molecular formula is C31H39N9S. The Morgan fingerprint density at radius 3 is 2.29 bits per heavy atom. The van der Waals surface area contributed by atoms with E-state index in [-0.39, 0.29) is 6.15 Å². The molecule has 2 aliphatic rings. The number of likely N-dealkylation sites (N-methyl/N-ethyl adjacent to an activating group) is 1. The van der Waals surface area contributed by atoms with Crippen LogP contribution in [-0.2, 0) is 0 Å². The van der Waals surface area contributed by atoms with Gasteiger partial charge in [-0.2, -0.15) is 5.10 Å². The van der Waals surface area contributed by atoms with Gasteiger partial charge in [-0.15, -0.1) is 11.3 Å². The third kappa shape index (κ3) is 5.10. The molecule has 2 fully saturated rings. The van der Waals surface area contributed by atoms with Gasteiger partial charge in [0, 0.05) is 43.3 Å². The highest BCUT2D eigenvalue weighted by Gasteiger charge is 2.30. The summed E-state index contributed by atoms with van der Waals surface area (Å²) < 4.78 is 3.39. The van der Waals surface area contributed by atoms with Crippen molar-refractivity contribution >= 4 is 38.4 Å². The number of piperazine rings is 1. The Morgan fingerprint density at radius 1 is 0.878 bits per heavy atom. The zero-order chi connectivity index (χ0) is 27.4. The van der Waals surface area contributed by atoms with Gasteiger partial charge >= 0.3 is 0 Å². The number of anilines is 1. The lowest BCUT2D eigenvalue weighted by atomic mass is 9.90. The largest absolute Gasteiger partial charge is 0.383 e. The van der Waals surface area contributed by atoms with Crippen molar-refractivity contribution in [1.82, 2.24) is 40.7 Å². The summed E-state index contributed by atoms with van der Waals surface area (Å²) in [5.41, 5.74) is 13.9. The maximum absolute atomic E-state index is 6.43. The van der Waals surface area contributed by atoms with Crippen LogP contribution < -0.4 is 11.9 Å². The minimum Gasteiger partial charge on any atom is -0.383 e. The van der Waals surface area contributed by atoms with Gasteiger partial charge in [-0.1, -0.05) is 30.3 Å². The van der Waals surface area contributed by atoms with E-state index in [1.807, 2.05) is 0 Å². The lowest BCUT2D eigenvalue weighted by Gasteiger charge is -2.41. The predicted molar refractivity (Wildman–Crippen MR) is 169 cm³/mol. The van der Waals surface area contributed by atoms with Gasteiger partial charge in [0.15, 0.2) is 5.65 Å². The van der Waals surface area contributed by atoms with E-state index >= 15 is 0 Å². The van der Waals surface area contributed by atoms with Gasteiger partial charge in [-0.3, -0.25) is 4.90 Å². The van der Waals surface area contributed by atoms with E-state index in [2.05, 4.69) is 81.7 Å². The van der Waals surface area contributed by atoms with Gasteiger partial charge < -0.3 is 16.8 Å². The molecular weight excluding hydrogens is 530 g/mol. The number of nitrogens with zero attached hydrogens (tertiary/aromatic N) is 7. The molecule has 0 spiro atoms. The van der Waals surface area contributed by atoms with E-state index in [1.165, 1.54) is 54.8 Å². The number of aromatic nitrogens is 5. The third-order valence-corrected chi connectivity index (χ3v) is 10.1. The molecule has 7 rings (SSSR count). The predicted octanol–water partition coefficient (Wildman–Crippen LogP) is 5.86. The topological polar surface area (TPSA) is 124 Å². The van der Waals surface area contributed by atoms with Crippen LogP contribution in [0.15, 0.2) is 42.7 Å². The third-order valence-electron chi connectivity index (χ3n) is 8.81. The lowest BCUT2D eigenvalue weighted by Crippen LogP contribution is -2.49. The number of benzene rings is 2. The lowest BCUT2D eigenvalue weighted by molar-refractivity contribution is 0.0815. The number of nitrogen functional groups attached to an aromatic ring is 1. The van der Waals surface area contributed by atoms with Crippen LogP contribution in [0.4, 0.5) is 5.82 Å². The van der Waals surface area contributed by atoms with Crippen molar-refractivity contribution in [3.8, 4) is 21.8 Å². The highest BCUT2D eigenvalue weighted by molar-refractivity contribution is 7.21. The molecule has 2 aromatic carbocycles. The molecule has 1 aliphatic carbocycles. The molecule has 5 aromatic rings.